The lowest BCUT2D eigenvalue weighted by Crippen LogP contribution is -2.60. The van der Waals surface area contributed by atoms with Crippen molar-refractivity contribution in [3.8, 4) is 0 Å². The van der Waals surface area contributed by atoms with E-state index < -0.39 is 23.0 Å². The minimum atomic E-state index is -1.63. The van der Waals surface area contributed by atoms with Crippen molar-refractivity contribution in [2.45, 2.75) is 77.0 Å². The van der Waals surface area contributed by atoms with Crippen LogP contribution in [0.1, 0.15) is 59.8 Å². The highest BCUT2D eigenvalue weighted by molar-refractivity contribution is 6.06. The molecule has 0 bridgehead atoms. The number of esters is 1. The third-order valence-corrected chi connectivity index (χ3v) is 3.23. The second kappa shape index (κ2) is 5.90. The molecule has 1 saturated carbocycles. The Kier molecular flexibility index (Phi) is 4.96. The summed E-state index contributed by atoms with van der Waals surface area (Å²) in [5, 5.41) is 2.86. The van der Waals surface area contributed by atoms with E-state index in [4.69, 9.17) is 10.5 Å². The van der Waals surface area contributed by atoms with Gasteiger partial charge in [0.25, 0.3) is 5.91 Å². The van der Waals surface area contributed by atoms with E-state index in [1.54, 1.807) is 20.8 Å². The molecule has 0 aromatic carbocycles. The van der Waals surface area contributed by atoms with Gasteiger partial charge in [-0.05, 0) is 40.5 Å². The fourth-order valence-corrected chi connectivity index (χ4v) is 2.06. The Labute approximate surface area is 115 Å². The second-order valence-corrected chi connectivity index (χ2v) is 6.51. The summed E-state index contributed by atoms with van der Waals surface area (Å²) in [5.74, 6) is -1.14. The van der Waals surface area contributed by atoms with Gasteiger partial charge in [0.15, 0.2) is 5.54 Å². The van der Waals surface area contributed by atoms with Gasteiger partial charge in [-0.25, -0.2) is 4.79 Å². The van der Waals surface area contributed by atoms with Crippen molar-refractivity contribution in [3.63, 3.8) is 0 Å². The van der Waals surface area contributed by atoms with Crippen LogP contribution < -0.4 is 11.1 Å². The maximum atomic E-state index is 12.1. The molecule has 0 saturated heterocycles. The van der Waals surface area contributed by atoms with Crippen molar-refractivity contribution in [2.75, 3.05) is 0 Å². The van der Waals surface area contributed by atoms with E-state index in [-0.39, 0.29) is 6.04 Å². The molecule has 0 heterocycles. The van der Waals surface area contributed by atoms with Crippen LogP contribution >= 0.6 is 0 Å². The van der Waals surface area contributed by atoms with Gasteiger partial charge in [0, 0.05) is 6.04 Å². The summed E-state index contributed by atoms with van der Waals surface area (Å²) >= 11 is 0. The second-order valence-electron chi connectivity index (χ2n) is 6.51. The van der Waals surface area contributed by atoms with Gasteiger partial charge in [0.1, 0.15) is 5.60 Å². The number of rotatable bonds is 3. The summed E-state index contributed by atoms with van der Waals surface area (Å²) in [6, 6.07) is 0.131. The lowest BCUT2D eigenvalue weighted by atomic mass is 9.94. The smallest absolute Gasteiger partial charge is 0.336 e. The van der Waals surface area contributed by atoms with Gasteiger partial charge in [0.2, 0.25) is 0 Å². The van der Waals surface area contributed by atoms with Crippen LogP contribution in [-0.4, -0.2) is 29.1 Å². The minimum absolute atomic E-state index is 0.131. The first-order valence-corrected chi connectivity index (χ1v) is 6.96. The highest BCUT2D eigenvalue weighted by Gasteiger charge is 2.41. The van der Waals surface area contributed by atoms with E-state index in [1.807, 2.05) is 0 Å². The van der Waals surface area contributed by atoms with E-state index in [0.717, 1.165) is 25.7 Å². The van der Waals surface area contributed by atoms with E-state index >= 15 is 0 Å². The molecule has 1 rings (SSSR count). The summed E-state index contributed by atoms with van der Waals surface area (Å²) in [4.78, 5) is 24.1. The van der Waals surface area contributed by atoms with Crippen molar-refractivity contribution in [2.24, 2.45) is 5.73 Å². The van der Waals surface area contributed by atoms with Crippen LogP contribution in [-0.2, 0) is 14.3 Å². The summed E-state index contributed by atoms with van der Waals surface area (Å²) in [7, 11) is 0. The standard InChI is InChI=1S/C14H26N2O3/c1-13(2,3)19-12(18)14(4,15)11(17)16-10-8-6-5-7-9-10/h10H,5-9,15H2,1-4H3,(H,16,17)/t14-/m0/s1. The Balaban J connectivity index is 2.59. The molecule has 0 aliphatic heterocycles. The summed E-state index contributed by atoms with van der Waals surface area (Å²) in [6.07, 6.45) is 5.34. The number of nitrogens with two attached hydrogens (primary N) is 1. The van der Waals surface area contributed by atoms with Gasteiger partial charge < -0.3 is 15.8 Å². The first kappa shape index (κ1) is 16.0. The zero-order valence-electron chi connectivity index (χ0n) is 12.4. The summed E-state index contributed by atoms with van der Waals surface area (Å²) in [6.45, 7) is 6.65. The van der Waals surface area contributed by atoms with Crippen LogP contribution in [0.5, 0.6) is 0 Å². The summed E-state index contributed by atoms with van der Waals surface area (Å²) < 4.78 is 5.19. The van der Waals surface area contributed by atoms with E-state index in [9.17, 15) is 9.59 Å². The molecule has 1 atom stereocenters. The highest BCUT2D eigenvalue weighted by Crippen LogP contribution is 2.19. The SMILES string of the molecule is CC(C)(C)OC(=O)[C@@](C)(N)C(=O)NC1CCCCC1. The fraction of sp³-hybridized carbons (Fsp3) is 0.857. The third-order valence-electron chi connectivity index (χ3n) is 3.23. The Bertz CT molecular complexity index is 339. The first-order chi connectivity index (χ1) is 8.63. The first-order valence-electron chi connectivity index (χ1n) is 6.96. The van der Waals surface area contributed by atoms with Crippen molar-refractivity contribution in [3.05, 3.63) is 0 Å². The molecule has 0 aromatic rings. The van der Waals surface area contributed by atoms with Crippen LogP contribution in [0.25, 0.3) is 0 Å². The fourth-order valence-electron chi connectivity index (χ4n) is 2.06. The number of carbonyl (C=O) groups excluding carboxylic acids is 2. The quantitative estimate of drug-likeness (QED) is 0.601. The monoisotopic (exact) mass is 270 g/mol. The molecule has 1 aliphatic rings. The van der Waals surface area contributed by atoms with Crippen molar-refractivity contribution >= 4 is 11.9 Å². The van der Waals surface area contributed by atoms with Gasteiger partial charge in [-0.1, -0.05) is 19.3 Å². The Morgan fingerprint density at radius 1 is 1.11 bits per heavy atom. The number of carbonyl (C=O) groups is 2. The van der Waals surface area contributed by atoms with Crippen molar-refractivity contribution in [1.29, 1.82) is 0 Å². The zero-order valence-corrected chi connectivity index (χ0v) is 12.4. The average molecular weight is 270 g/mol. The molecular weight excluding hydrogens is 244 g/mol. The molecule has 3 N–H and O–H groups in total. The van der Waals surface area contributed by atoms with Gasteiger partial charge in [-0.3, -0.25) is 4.79 Å². The predicted octanol–water partition coefficient (Wildman–Crippen LogP) is 1.49. The summed E-state index contributed by atoms with van der Waals surface area (Å²) in [5.41, 5.74) is 3.56. The van der Waals surface area contributed by atoms with Gasteiger partial charge >= 0.3 is 5.97 Å². The normalized spacial score (nSPS) is 20.5. The number of ether oxygens (including phenoxy) is 1. The van der Waals surface area contributed by atoms with Crippen LogP contribution in [0.3, 0.4) is 0 Å². The molecule has 19 heavy (non-hydrogen) atoms. The van der Waals surface area contributed by atoms with Crippen molar-refractivity contribution in [1.82, 2.24) is 5.32 Å². The number of nitrogens with one attached hydrogen (secondary N) is 1. The van der Waals surface area contributed by atoms with Gasteiger partial charge in [0.05, 0.1) is 0 Å². The predicted molar refractivity (Wildman–Crippen MR) is 73.5 cm³/mol. The highest BCUT2D eigenvalue weighted by atomic mass is 16.6. The van der Waals surface area contributed by atoms with Crippen LogP contribution in [0.2, 0.25) is 0 Å². The molecule has 5 heteroatoms. The Morgan fingerprint density at radius 2 is 1.63 bits per heavy atom. The van der Waals surface area contributed by atoms with Crippen molar-refractivity contribution < 1.29 is 14.3 Å². The maximum Gasteiger partial charge on any atom is 0.336 e. The molecule has 0 unspecified atom stereocenters. The lowest BCUT2D eigenvalue weighted by Gasteiger charge is -2.30. The molecule has 1 fully saturated rings. The maximum absolute atomic E-state index is 12.1. The molecule has 5 nitrogen and oxygen atoms in total. The number of amides is 1. The van der Waals surface area contributed by atoms with Crippen LogP contribution in [0.4, 0.5) is 0 Å². The van der Waals surface area contributed by atoms with E-state index in [0.29, 0.717) is 0 Å². The lowest BCUT2D eigenvalue weighted by molar-refractivity contribution is -0.163. The largest absolute Gasteiger partial charge is 0.458 e. The Hall–Kier alpha value is -1.10. The molecule has 0 spiro atoms. The van der Waals surface area contributed by atoms with Crippen LogP contribution in [0.15, 0.2) is 0 Å². The minimum Gasteiger partial charge on any atom is -0.458 e. The topological polar surface area (TPSA) is 81.4 Å². The Morgan fingerprint density at radius 3 is 2.11 bits per heavy atom. The molecular formula is C14H26N2O3. The molecule has 110 valence electrons. The van der Waals surface area contributed by atoms with Crippen LogP contribution in [0, 0.1) is 0 Å². The van der Waals surface area contributed by atoms with E-state index in [2.05, 4.69) is 5.32 Å². The van der Waals surface area contributed by atoms with Gasteiger partial charge in [-0.2, -0.15) is 0 Å². The third kappa shape index (κ3) is 4.82. The van der Waals surface area contributed by atoms with E-state index in [1.165, 1.54) is 13.3 Å². The average Bonchev–Trinajstić information content (AvgIpc) is 2.27. The molecule has 1 aliphatic carbocycles. The zero-order chi connectivity index (χ0) is 14.7. The van der Waals surface area contributed by atoms with Gasteiger partial charge in [-0.15, -0.1) is 0 Å². The molecule has 0 aromatic heterocycles. The number of hydrogen-bond donors (Lipinski definition) is 2. The molecule has 0 radical (unpaired) electrons. The molecule has 1 amide bonds. The number of hydrogen-bond acceptors (Lipinski definition) is 4.